The minimum absolute atomic E-state index is 0.0871. The zero-order chi connectivity index (χ0) is 14.9. The molecule has 1 saturated heterocycles. The smallest absolute Gasteiger partial charge is 0.245 e. The minimum atomic E-state index is -3.85. The second-order valence-corrected chi connectivity index (χ2v) is 6.59. The van der Waals surface area contributed by atoms with Crippen molar-refractivity contribution in [3.05, 3.63) is 29.8 Å². The summed E-state index contributed by atoms with van der Waals surface area (Å²) < 4.78 is 26.1. The van der Waals surface area contributed by atoms with E-state index >= 15 is 0 Å². The van der Waals surface area contributed by atoms with E-state index in [1.807, 2.05) is 6.92 Å². The van der Waals surface area contributed by atoms with E-state index in [2.05, 4.69) is 5.32 Å². The first-order chi connectivity index (χ1) is 9.36. The van der Waals surface area contributed by atoms with Gasteiger partial charge >= 0.3 is 0 Å². The molecule has 7 heteroatoms. The SMILES string of the molecule is CCC1C(=O)NC(=O)CN1S(=O)(=O)c1ccc(C)cc1. The topological polar surface area (TPSA) is 83.6 Å². The Morgan fingerprint density at radius 2 is 1.85 bits per heavy atom. The molecule has 0 aromatic heterocycles. The molecule has 1 aromatic rings. The van der Waals surface area contributed by atoms with Crippen LogP contribution in [-0.2, 0) is 19.6 Å². The van der Waals surface area contributed by atoms with E-state index in [4.69, 9.17) is 0 Å². The Balaban J connectivity index is 2.43. The van der Waals surface area contributed by atoms with Crippen LogP contribution in [0.4, 0.5) is 0 Å². The molecule has 2 rings (SSSR count). The van der Waals surface area contributed by atoms with E-state index in [9.17, 15) is 18.0 Å². The quantitative estimate of drug-likeness (QED) is 0.819. The Hall–Kier alpha value is -1.73. The molecule has 1 N–H and O–H groups in total. The summed E-state index contributed by atoms with van der Waals surface area (Å²) in [4.78, 5) is 23.3. The average Bonchev–Trinajstić information content (AvgIpc) is 2.38. The Bertz CT molecular complexity index is 637. The van der Waals surface area contributed by atoms with E-state index in [-0.39, 0.29) is 11.4 Å². The molecule has 1 atom stereocenters. The number of carbonyl (C=O) groups excluding carboxylic acids is 2. The lowest BCUT2D eigenvalue weighted by Crippen LogP contribution is -2.59. The first-order valence-electron chi connectivity index (χ1n) is 6.28. The molecule has 1 unspecified atom stereocenters. The fraction of sp³-hybridized carbons (Fsp3) is 0.385. The van der Waals surface area contributed by atoms with E-state index < -0.39 is 27.9 Å². The van der Waals surface area contributed by atoms with Crippen LogP contribution < -0.4 is 5.32 Å². The number of benzene rings is 1. The number of sulfonamides is 1. The van der Waals surface area contributed by atoms with Crippen molar-refractivity contribution in [3.8, 4) is 0 Å². The van der Waals surface area contributed by atoms with Crippen molar-refractivity contribution >= 4 is 21.8 Å². The van der Waals surface area contributed by atoms with Crippen molar-refractivity contribution in [1.82, 2.24) is 9.62 Å². The number of amides is 2. The van der Waals surface area contributed by atoms with E-state index in [0.29, 0.717) is 6.42 Å². The molecule has 1 aliphatic heterocycles. The highest BCUT2D eigenvalue weighted by atomic mass is 32.2. The molecule has 1 heterocycles. The number of rotatable bonds is 3. The van der Waals surface area contributed by atoms with Crippen molar-refractivity contribution in [3.63, 3.8) is 0 Å². The fourth-order valence-electron chi connectivity index (χ4n) is 2.13. The lowest BCUT2D eigenvalue weighted by atomic mass is 10.2. The maximum atomic E-state index is 12.6. The molecular weight excluding hydrogens is 280 g/mol. The standard InChI is InChI=1S/C13H16N2O4S/c1-3-11-13(17)14-12(16)8-15(11)20(18,19)10-6-4-9(2)5-7-10/h4-7,11H,3,8H2,1-2H3,(H,14,16,17). The largest absolute Gasteiger partial charge is 0.294 e. The van der Waals surface area contributed by atoms with Crippen molar-refractivity contribution < 1.29 is 18.0 Å². The Morgan fingerprint density at radius 3 is 2.40 bits per heavy atom. The van der Waals surface area contributed by atoms with Crippen molar-refractivity contribution in [2.45, 2.75) is 31.2 Å². The molecule has 2 amide bonds. The molecule has 20 heavy (non-hydrogen) atoms. The number of piperazine rings is 1. The molecule has 6 nitrogen and oxygen atoms in total. The lowest BCUT2D eigenvalue weighted by molar-refractivity contribution is -0.137. The van der Waals surface area contributed by atoms with Gasteiger partial charge in [-0.3, -0.25) is 14.9 Å². The monoisotopic (exact) mass is 296 g/mol. The van der Waals surface area contributed by atoms with Gasteiger partial charge in [-0.05, 0) is 25.5 Å². The second-order valence-electron chi connectivity index (χ2n) is 4.70. The van der Waals surface area contributed by atoms with Crippen molar-refractivity contribution in [2.24, 2.45) is 0 Å². The summed E-state index contributed by atoms with van der Waals surface area (Å²) in [7, 11) is -3.85. The number of nitrogens with zero attached hydrogens (tertiary/aromatic N) is 1. The van der Waals surface area contributed by atoms with Gasteiger partial charge in [0.1, 0.15) is 6.04 Å². The maximum Gasteiger partial charge on any atom is 0.245 e. The Morgan fingerprint density at radius 1 is 1.25 bits per heavy atom. The summed E-state index contributed by atoms with van der Waals surface area (Å²) in [6, 6.07) is 5.47. The van der Waals surface area contributed by atoms with Crippen LogP contribution >= 0.6 is 0 Å². The number of aryl methyl sites for hydroxylation is 1. The van der Waals surface area contributed by atoms with Crippen LogP contribution in [0.2, 0.25) is 0 Å². The number of carbonyl (C=O) groups is 2. The van der Waals surface area contributed by atoms with Gasteiger partial charge in [0.2, 0.25) is 21.8 Å². The van der Waals surface area contributed by atoms with Gasteiger partial charge in [0.25, 0.3) is 0 Å². The van der Waals surface area contributed by atoms with Crippen LogP contribution in [-0.4, -0.2) is 37.1 Å². The number of hydrogen-bond donors (Lipinski definition) is 1. The van der Waals surface area contributed by atoms with Gasteiger partial charge in [0, 0.05) is 0 Å². The number of hydrogen-bond acceptors (Lipinski definition) is 4. The van der Waals surface area contributed by atoms with Crippen LogP contribution in [0.25, 0.3) is 0 Å². The molecule has 0 aliphatic carbocycles. The fourth-order valence-corrected chi connectivity index (χ4v) is 3.75. The third-order valence-electron chi connectivity index (χ3n) is 3.23. The minimum Gasteiger partial charge on any atom is -0.294 e. The van der Waals surface area contributed by atoms with Gasteiger partial charge in [-0.15, -0.1) is 0 Å². The summed E-state index contributed by atoms with van der Waals surface area (Å²) in [5, 5.41) is 2.16. The van der Waals surface area contributed by atoms with Crippen molar-refractivity contribution in [1.29, 1.82) is 0 Å². The van der Waals surface area contributed by atoms with E-state index in [1.165, 1.54) is 12.1 Å². The summed E-state index contributed by atoms with van der Waals surface area (Å²) in [6.45, 7) is 3.22. The highest BCUT2D eigenvalue weighted by Gasteiger charge is 2.40. The highest BCUT2D eigenvalue weighted by molar-refractivity contribution is 7.89. The van der Waals surface area contributed by atoms with Gasteiger partial charge in [-0.1, -0.05) is 24.6 Å². The molecule has 0 saturated carbocycles. The van der Waals surface area contributed by atoms with Crippen LogP contribution in [0.3, 0.4) is 0 Å². The van der Waals surface area contributed by atoms with Gasteiger partial charge in [0.15, 0.2) is 0 Å². The third kappa shape index (κ3) is 2.59. The molecule has 1 aromatic carbocycles. The summed E-state index contributed by atoms with van der Waals surface area (Å²) >= 11 is 0. The normalized spacial score (nSPS) is 20.8. The second kappa shape index (κ2) is 5.34. The molecular formula is C13H16N2O4S. The average molecular weight is 296 g/mol. The Labute approximate surface area is 117 Å². The molecule has 108 valence electrons. The van der Waals surface area contributed by atoms with Crippen LogP contribution in [0.5, 0.6) is 0 Å². The summed E-state index contributed by atoms with van der Waals surface area (Å²) in [6.07, 6.45) is 0.310. The van der Waals surface area contributed by atoms with Gasteiger partial charge in [-0.2, -0.15) is 4.31 Å². The van der Waals surface area contributed by atoms with Crippen LogP contribution in [0, 0.1) is 6.92 Å². The highest BCUT2D eigenvalue weighted by Crippen LogP contribution is 2.21. The third-order valence-corrected chi connectivity index (χ3v) is 5.10. The predicted octanol–water partition coefficient (Wildman–Crippen LogP) is 0.421. The number of imide groups is 1. The zero-order valence-corrected chi connectivity index (χ0v) is 12.1. The zero-order valence-electron chi connectivity index (χ0n) is 11.3. The van der Waals surface area contributed by atoms with Gasteiger partial charge in [-0.25, -0.2) is 8.42 Å². The summed E-state index contributed by atoms with van der Waals surface area (Å²) in [5.41, 5.74) is 0.934. The lowest BCUT2D eigenvalue weighted by Gasteiger charge is -2.32. The molecule has 1 fully saturated rings. The van der Waals surface area contributed by atoms with Crippen LogP contribution in [0.1, 0.15) is 18.9 Å². The first kappa shape index (κ1) is 14.7. The van der Waals surface area contributed by atoms with E-state index in [0.717, 1.165) is 9.87 Å². The molecule has 0 bridgehead atoms. The van der Waals surface area contributed by atoms with Crippen molar-refractivity contribution in [2.75, 3.05) is 6.54 Å². The first-order valence-corrected chi connectivity index (χ1v) is 7.72. The molecule has 0 spiro atoms. The summed E-state index contributed by atoms with van der Waals surface area (Å²) in [5.74, 6) is -1.17. The van der Waals surface area contributed by atoms with Gasteiger partial charge in [0.05, 0.1) is 11.4 Å². The number of nitrogens with one attached hydrogen (secondary N) is 1. The molecule has 1 aliphatic rings. The van der Waals surface area contributed by atoms with Crippen LogP contribution in [0.15, 0.2) is 29.2 Å². The van der Waals surface area contributed by atoms with E-state index in [1.54, 1.807) is 19.1 Å². The molecule has 0 radical (unpaired) electrons. The van der Waals surface area contributed by atoms with Gasteiger partial charge < -0.3 is 0 Å². The Kier molecular flexibility index (Phi) is 3.92. The predicted molar refractivity (Wildman–Crippen MR) is 72.3 cm³/mol. The maximum absolute atomic E-state index is 12.6.